The quantitative estimate of drug-likeness (QED) is 0.882. The lowest BCUT2D eigenvalue weighted by Crippen LogP contribution is -2.13. The smallest absolute Gasteiger partial charge is 0.0578 e. The lowest BCUT2D eigenvalue weighted by molar-refractivity contribution is 0.452. The third-order valence-corrected chi connectivity index (χ3v) is 4.26. The van der Waals surface area contributed by atoms with Crippen molar-refractivity contribution in [2.45, 2.75) is 51.6 Å². The molecule has 0 radical (unpaired) electrons. The van der Waals surface area contributed by atoms with Gasteiger partial charge in [-0.2, -0.15) is 5.10 Å². The van der Waals surface area contributed by atoms with Crippen molar-refractivity contribution in [3.8, 4) is 0 Å². The summed E-state index contributed by atoms with van der Waals surface area (Å²) in [6.45, 7) is 3.03. The van der Waals surface area contributed by atoms with Gasteiger partial charge in [-0.3, -0.25) is 4.68 Å². The van der Waals surface area contributed by atoms with E-state index in [0.717, 1.165) is 13.0 Å². The topological polar surface area (TPSA) is 29.9 Å². The second-order valence-electron chi connectivity index (χ2n) is 5.61. The van der Waals surface area contributed by atoms with Gasteiger partial charge in [-0.05, 0) is 43.0 Å². The van der Waals surface area contributed by atoms with Gasteiger partial charge in [-0.15, -0.1) is 0 Å². The minimum atomic E-state index is 0.615. The van der Waals surface area contributed by atoms with E-state index in [2.05, 4.69) is 52.4 Å². The third kappa shape index (κ3) is 2.87. The monoisotopic (exact) mass is 269 g/mol. The van der Waals surface area contributed by atoms with Gasteiger partial charge in [0, 0.05) is 11.9 Å². The van der Waals surface area contributed by atoms with Crippen LogP contribution in [0.3, 0.4) is 0 Å². The van der Waals surface area contributed by atoms with Crippen molar-refractivity contribution in [1.82, 2.24) is 9.78 Å². The van der Waals surface area contributed by atoms with Crippen LogP contribution in [0.15, 0.2) is 36.5 Å². The van der Waals surface area contributed by atoms with Gasteiger partial charge in [0.25, 0.3) is 0 Å². The first-order chi connectivity index (χ1) is 9.86. The van der Waals surface area contributed by atoms with E-state index >= 15 is 0 Å². The maximum absolute atomic E-state index is 4.51. The SMILES string of the molecule is CCc1ccc(NCc2ccnn2C2CCCC2)cc1. The summed E-state index contributed by atoms with van der Waals surface area (Å²) in [5.41, 5.74) is 3.85. The van der Waals surface area contributed by atoms with E-state index in [1.807, 2.05) is 6.20 Å². The second kappa shape index (κ2) is 6.12. The van der Waals surface area contributed by atoms with E-state index in [-0.39, 0.29) is 0 Å². The number of benzene rings is 1. The molecular weight excluding hydrogens is 246 g/mol. The predicted molar refractivity (Wildman–Crippen MR) is 82.9 cm³/mol. The summed E-state index contributed by atoms with van der Waals surface area (Å²) in [7, 11) is 0. The minimum Gasteiger partial charge on any atom is -0.379 e. The van der Waals surface area contributed by atoms with Gasteiger partial charge in [0.2, 0.25) is 0 Å². The maximum atomic E-state index is 4.51. The normalized spacial score (nSPS) is 15.7. The molecule has 0 aliphatic heterocycles. The molecule has 1 saturated carbocycles. The average Bonchev–Trinajstić information content (AvgIpc) is 3.16. The highest BCUT2D eigenvalue weighted by Crippen LogP contribution is 2.29. The summed E-state index contributed by atoms with van der Waals surface area (Å²) in [5.74, 6) is 0. The number of aryl methyl sites for hydroxylation is 1. The Bertz CT molecular complexity index is 536. The molecule has 3 rings (SSSR count). The molecule has 3 nitrogen and oxygen atoms in total. The van der Waals surface area contributed by atoms with E-state index in [0.29, 0.717) is 6.04 Å². The summed E-state index contributed by atoms with van der Waals surface area (Å²) in [6.07, 6.45) is 8.26. The fourth-order valence-corrected chi connectivity index (χ4v) is 3.01. The Kier molecular flexibility index (Phi) is 4.05. The Morgan fingerprint density at radius 3 is 2.60 bits per heavy atom. The van der Waals surface area contributed by atoms with Crippen molar-refractivity contribution in [2.24, 2.45) is 0 Å². The fraction of sp³-hybridized carbons (Fsp3) is 0.471. The van der Waals surface area contributed by atoms with E-state index in [9.17, 15) is 0 Å². The minimum absolute atomic E-state index is 0.615. The summed E-state index contributed by atoms with van der Waals surface area (Å²) in [4.78, 5) is 0. The Balaban J connectivity index is 1.64. The number of aromatic nitrogens is 2. The Morgan fingerprint density at radius 2 is 1.90 bits per heavy atom. The molecule has 1 N–H and O–H groups in total. The molecule has 2 aromatic rings. The van der Waals surface area contributed by atoms with Gasteiger partial charge in [0.15, 0.2) is 0 Å². The first kappa shape index (κ1) is 13.2. The first-order valence-electron chi connectivity index (χ1n) is 7.72. The number of nitrogens with one attached hydrogen (secondary N) is 1. The van der Waals surface area contributed by atoms with Crippen molar-refractivity contribution in [3.05, 3.63) is 47.8 Å². The van der Waals surface area contributed by atoms with Crippen molar-refractivity contribution in [2.75, 3.05) is 5.32 Å². The zero-order valence-corrected chi connectivity index (χ0v) is 12.2. The number of nitrogens with zero attached hydrogens (tertiary/aromatic N) is 2. The van der Waals surface area contributed by atoms with Crippen LogP contribution in [0.1, 0.15) is 49.9 Å². The van der Waals surface area contributed by atoms with Crippen LogP contribution in [0.5, 0.6) is 0 Å². The first-order valence-corrected chi connectivity index (χ1v) is 7.72. The maximum Gasteiger partial charge on any atom is 0.0578 e. The summed E-state index contributed by atoms with van der Waals surface area (Å²) < 4.78 is 2.22. The summed E-state index contributed by atoms with van der Waals surface area (Å²) in [5, 5.41) is 8.02. The Labute approximate surface area is 121 Å². The lowest BCUT2D eigenvalue weighted by Gasteiger charge is -2.15. The van der Waals surface area contributed by atoms with Crippen molar-refractivity contribution < 1.29 is 0 Å². The number of anilines is 1. The van der Waals surface area contributed by atoms with Gasteiger partial charge >= 0.3 is 0 Å². The van der Waals surface area contributed by atoms with Crippen LogP contribution in [-0.2, 0) is 13.0 Å². The molecule has 1 fully saturated rings. The van der Waals surface area contributed by atoms with Crippen LogP contribution < -0.4 is 5.32 Å². The zero-order chi connectivity index (χ0) is 13.8. The van der Waals surface area contributed by atoms with E-state index in [4.69, 9.17) is 0 Å². The van der Waals surface area contributed by atoms with Crippen LogP contribution in [-0.4, -0.2) is 9.78 Å². The molecule has 20 heavy (non-hydrogen) atoms. The largest absolute Gasteiger partial charge is 0.379 e. The molecule has 0 saturated heterocycles. The Morgan fingerprint density at radius 1 is 1.15 bits per heavy atom. The average molecular weight is 269 g/mol. The van der Waals surface area contributed by atoms with Crippen LogP contribution in [0.2, 0.25) is 0 Å². The van der Waals surface area contributed by atoms with Crippen LogP contribution >= 0.6 is 0 Å². The zero-order valence-electron chi connectivity index (χ0n) is 12.2. The molecule has 0 atom stereocenters. The van der Waals surface area contributed by atoms with Gasteiger partial charge in [-0.25, -0.2) is 0 Å². The standard InChI is InChI=1S/C17H23N3/c1-2-14-7-9-15(10-8-14)18-13-17-11-12-19-20(17)16-5-3-4-6-16/h7-12,16,18H,2-6,13H2,1H3. The number of hydrogen-bond acceptors (Lipinski definition) is 2. The summed E-state index contributed by atoms with van der Waals surface area (Å²) in [6, 6.07) is 11.5. The molecule has 0 unspecified atom stereocenters. The highest BCUT2D eigenvalue weighted by molar-refractivity contribution is 5.44. The fourth-order valence-electron chi connectivity index (χ4n) is 3.01. The van der Waals surface area contributed by atoms with Crippen LogP contribution in [0.25, 0.3) is 0 Å². The highest BCUT2D eigenvalue weighted by atomic mass is 15.3. The molecule has 1 aliphatic carbocycles. The predicted octanol–water partition coefficient (Wildman–Crippen LogP) is 4.17. The van der Waals surface area contributed by atoms with E-state index in [1.54, 1.807) is 0 Å². The molecule has 0 bridgehead atoms. The molecule has 1 aromatic carbocycles. The van der Waals surface area contributed by atoms with Gasteiger partial charge < -0.3 is 5.32 Å². The van der Waals surface area contributed by atoms with E-state index < -0.39 is 0 Å². The summed E-state index contributed by atoms with van der Waals surface area (Å²) >= 11 is 0. The van der Waals surface area contributed by atoms with Crippen LogP contribution in [0, 0.1) is 0 Å². The van der Waals surface area contributed by atoms with Gasteiger partial charge in [0.05, 0.1) is 18.3 Å². The van der Waals surface area contributed by atoms with Gasteiger partial charge in [0.1, 0.15) is 0 Å². The molecule has 3 heteroatoms. The molecular formula is C17H23N3. The van der Waals surface area contributed by atoms with Gasteiger partial charge in [-0.1, -0.05) is 31.9 Å². The van der Waals surface area contributed by atoms with Crippen molar-refractivity contribution >= 4 is 5.69 Å². The molecule has 1 heterocycles. The molecule has 0 spiro atoms. The molecule has 106 valence electrons. The molecule has 1 aromatic heterocycles. The van der Waals surface area contributed by atoms with Crippen LogP contribution in [0.4, 0.5) is 5.69 Å². The molecule has 0 amide bonds. The Hall–Kier alpha value is -1.77. The van der Waals surface area contributed by atoms with Crippen molar-refractivity contribution in [1.29, 1.82) is 0 Å². The second-order valence-corrected chi connectivity index (χ2v) is 5.61. The third-order valence-electron chi connectivity index (χ3n) is 4.26. The lowest BCUT2D eigenvalue weighted by atomic mass is 10.1. The molecule has 1 aliphatic rings. The number of rotatable bonds is 5. The number of hydrogen-bond donors (Lipinski definition) is 1. The van der Waals surface area contributed by atoms with Crippen molar-refractivity contribution in [3.63, 3.8) is 0 Å². The highest BCUT2D eigenvalue weighted by Gasteiger charge is 2.19. The van der Waals surface area contributed by atoms with E-state index in [1.165, 1.54) is 42.6 Å².